The van der Waals surface area contributed by atoms with E-state index in [1.165, 1.54) is 18.4 Å². The van der Waals surface area contributed by atoms with Gasteiger partial charge in [-0.3, -0.25) is 0 Å². The number of carbonyl (C=O) groups excluding carboxylic acids is 1. The average Bonchev–Trinajstić information content (AvgIpc) is 3.20. The number of hydrogen-bond acceptors (Lipinski definition) is 2. The number of nitrogens with zero attached hydrogens (tertiary/aromatic N) is 1. The van der Waals surface area contributed by atoms with Crippen molar-refractivity contribution in [2.75, 3.05) is 13.1 Å². The second-order valence-corrected chi connectivity index (χ2v) is 7.72. The summed E-state index contributed by atoms with van der Waals surface area (Å²) in [4.78, 5) is 14.3. The molecule has 4 heteroatoms. The second-order valence-electron chi connectivity index (χ2n) is 7.28. The molecule has 0 N–H and O–H groups in total. The molecule has 0 saturated heterocycles. The van der Waals surface area contributed by atoms with E-state index in [1.54, 1.807) is 0 Å². The number of carbonyl (C=O) groups is 1. The van der Waals surface area contributed by atoms with E-state index in [0.717, 1.165) is 11.6 Å². The fraction of sp³-hybridized carbons (Fsp3) is 0.611. The summed E-state index contributed by atoms with van der Waals surface area (Å²) in [7, 11) is 0. The van der Waals surface area contributed by atoms with Gasteiger partial charge in [0.2, 0.25) is 0 Å². The summed E-state index contributed by atoms with van der Waals surface area (Å²) in [6.45, 7) is 9.32. The van der Waals surface area contributed by atoms with Crippen LogP contribution < -0.4 is 0 Å². The molecule has 0 heterocycles. The van der Waals surface area contributed by atoms with Crippen molar-refractivity contribution in [3.05, 3.63) is 34.9 Å². The van der Waals surface area contributed by atoms with Crippen LogP contribution in [0, 0.1) is 5.92 Å². The molecule has 1 aromatic carbocycles. The summed E-state index contributed by atoms with van der Waals surface area (Å²) >= 11 is 5.94. The highest BCUT2D eigenvalue weighted by molar-refractivity contribution is 6.30. The Labute approximate surface area is 138 Å². The lowest BCUT2D eigenvalue weighted by Gasteiger charge is -2.29. The topological polar surface area (TPSA) is 29.5 Å². The Morgan fingerprint density at radius 1 is 1.32 bits per heavy atom. The Bertz CT molecular complexity index is 503. The molecule has 0 radical (unpaired) electrons. The van der Waals surface area contributed by atoms with E-state index in [1.807, 2.05) is 49.9 Å². The van der Waals surface area contributed by atoms with E-state index in [0.29, 0.717) is 12.5 Å². The molecule has 22 heavy (non-hydrogen) atoms. The third-order valence-electron chi connectivity index (χ3n) is 3.76. The Morgan fingerprint density at radius 2 is 1.91 bits per heavy atom. The number of ether oxygens (including phenoxy) is 1. The first kappa shape index (κ1) is 17.1. The number of rotatable bonds is 5. The van der Waals surface area contributed by atoms with Crippen molar-refractivity contribution in [3.63, 3.8) is 0 Å². The van der Waals surface area contributed by atoms with Gasteiger partial charge in [0.15, 0.2) is 0 Å². The standard InChI is InChI=1S/C18H26ClNO2/c1-13(15-7-9-16(19)10-8-15)11-20(12-14-5-6-14)17(21)22-18(2,3)4/h7-10,13-14H,5-6,11-12H2,1-4H3/t13-/m1/s1. The van der Waals surface area contributed by atoms with Gasteiger partial charge in [-0.25, -0.2) is 4.79 Å². The number of benzene rings is 1. The lowest BCUT2D eigenvalue weighted by molar-refractivity contribution is 0.0231. The molecule has 1 fully saturated rings. The molecular weight excluding hydrogens is 298 g/mol. The van der Waals surface area contributed by atoms with Crippen molar-refractivity contribution in [2.45, 2.75) is 52.1 Å². The molecule has 3 nitrogen and oxygen atoms in total. The average molecular weight is 324 g/mol. The van der Waals surface area contributed by atoms with Crippen LogP contribution in [-0.4, -0.2) is 29.7 Å². The summed E-state index contributed by atoms with van der Waals surface area (Å²) < 4.78 is 5.55. The molecule has 0 unspecified atom stereocenters. The van der Waals surface area contributed by atoms with Crippen molar-refractivity contribution in [1.82, 2.24) is 4.90 Å². The van der Waals surface area contributed by atoms with Gasteiger partial charge in [-0.15, -0.1) is 0 Å². The molecule has 0 aliphatic heterocycles. The Balaban J connectivity index is 2.01. The normalized spacial score (nSPS) is 16.2. The number of amides is 1. The fourth-order valence-electron chi connectivity index (χ4n) is 2.39. The predicted molar refractivity (Wildman–Crippen MR) is 90.4 cm³/mol. The van der Waals surface area contributed by atoms with Crippen molar-refractivity contribution in [3.8, 4) is 0 Å². The first-order valence-corrected chi connectivity index (χ1v) is 8.36. The van der Waals surface area contributed by atoms with Crippen molar-refractivity contribution >= 4 is 17.7 Å². The first-order chi connectivity index (χ1) is 10.2. The van der Waals surface area contributed by atoms with E-state index in [9.17, 15) is 4.79 Å². The molecule has 1 aliphatic rings. The largest absolute Gasteiger partial charge is 0.444 e. The number of hydrogen-bond donors (Lipinski definition) is 0. The lowest BCUT2D eigenvalue weighted by Crippen LogP contribution is -2.40. The van der Waals surface area contributed by atoms with Crippen LogP contribution in [0.2, 0.25) is 5.02 Å². The Hall–Kier alpha value is -1.22. The Kier molecular flexibility index (Phi) is 5.38. The molecule has 1 aliphatic carbocycles. The number of halogens is 1. The minimum atomic E-state index is -0.456. The smallest absolute Gasteiger partial charge is 0.410 e. The van der Waals surface area contributed by atoms with Crippen LogP contribution >= 0.6 is 11.6 Å². The lowest BCUT2D eigenvalue weighted by atomic mass is 10.0. The third kappa shape index (κ3) is 5.53. The zero-order valence-electron chi connectivity index (χ0n) is 13.9. The predicted octanol–water partition coefficient (Wildman–Crippen LogP) is 5.09. The molecule has 1 saturated carbocycles. The maximum absolute atomic E-state index is 12.4. The summed E-state index contributed by atoms with van der Waals surface area (Å²) in [6.07, 6.45) is 2.23. The van der Waals surface area contributed by atoms with E-state index in [2.05, 4.69) is 6.92 Å². The quantitative estimate of drug-likeness (QED) is 0.755. The zero-order valence-corrected chi connectivity index (χ0v) is 14.7. The highest BCUT2D eigenvalue weighted by Crippen LogP contribution is 2.31. The first-order valence-electron chi connectivity index (χ1n) is 7.98. The molecule has 0 bridgehead atoms. The van der Waals surface area contributed by atoms with E-state index < -0.39 is 5.60 Å². The van der Waals surface area contributed by atoms with E-state index in [4.69, 9.17) is 16.3 Å². The minimum absolute atomic E-state index is 0.208. The summed E-state index contributed by atoms with van der Waals surface area (Å²) in [5.74, 6) is 0.897. The molecule has 0 spiro atoms. The monoisotopic (exact) mass is 323 g/mol. The van der Waals surface area contributed by atoms with Crippen LogP contribution in [0.25, 0.3) is 0 Å². The molecule has 0 aromatic heterocycles. The maximum atomic E-state index is 12.4. The van der Waals surface area contributed by atoms with E-state index in [-0.39, 0.29) is 12.0 Å². The van der Waals surface area contributed by atoms with Crippen LogP contribution in [0.1, 0.15) is 52.0 Å². The molecule has 2 rings (SSSR count). The van der Waals surface area contributed by atoms with Crippen LogP contribution in [0.3, 0.4) is 0 Å². The summed E-state index contributed by atoms with van der Waals surface area (Å²) in [6, 6.07) is 7.84. The van der Waals surface area contributed by atoms with Gasteiger partial charge in [0.05, 0.1) is 0 Å². The minimum Gasteiger partial charge on any atom is -0.444 e. The van der Waals surface area contributed by atoms with Crippen LogP contribution in [0.15, 0.2) is 24.3 Å². The summed E-state index contributed by atoms with van der Waals surface area (Å²) in [5.41, 5.74) is 0.733. The van der Waals surface area contributed by atoms with Gasteiger partial charge in [0.25, 0.3) is 0 Å². The van der Waals surface area contributed by atoms with Crippen molar-refractivity contribution in [1.29, 1.82) is 0 Å². The Morgan fingerprint density at radius 3 is 2.41 bits per heavy atom. The van der Waals surface area contributed by atoms with E-state index >= 15 is 0 Å². The summed E-state index contributed by atoms with van der Waals surface area (Å²) in [5, 5.41) is 0.734. The van der Waals surface area contributed by atoms with Crippen molar-refractivity contribution in [2.24, 2.45) is 5.92 Å². The van der Waals surface area contributed by atoms with Gasteiger partial charge >= 0.3 is 6.09 Å². The van der Waals surface area contributed by atoms with Gasteiger partial charge in [-0.2, -0.15) is 0 Å². The molecule has 1 aromatic rings. The zero-order chi connectivity index (χ0) is 16.3. The molecule has 122 valence electrons. The molecule has 1 atom stereocenters. The highest BCUT2D eigenvalue weighted by Gasteiger charge is 2.30. The fourth-order valence-corrected chi connectivity index (χ4v) is 2.52. The van der Waals surface area contributed by atoms with Gasteiger partial charge in [-0.1, -0.05) is 30.7 Å². The maximum Gasteiger partial charge on any atom is 0.410 e. The van der Waals surface area contributed by atoms with Gasteiger partial charge in [0, 0.05) is 18.1 Å². The van der Waals surface area contributed by atoms with Gasteiger partial charge in [-0.05, 0) is 63.1 Å². The highest BCUT2D eigenvalue weighted by atomic mass is 35.5. The SMILES string of the molecule is C[C@H](CN(CC1CC1)C(=O)OC(C)(C)C)c1ccc(Cl)cc1. The van der Waals surface area contributed by atoms with Crippen molar-refractivity contribution < 1.29 is 9.53 Å². The second kappa shape index (κ2) is 6.91. The molecular formula is C18H26ClNO2. The van der Waals surface area contributed by atoms with Crippen LogP contribution in [-0.2, 0) is 4.74 Å². The van der Waals surface area contributed by atoms with Gasteiger partial charge < -0.3 is 9.64 Å². The van der Waals surface area contributed by atoms with Gasteiger partial charge in [0.1, 0.15) is 5.60 Å². The molecule has 1 amide bonds. The third-order valence-corrected chi connectivity index (χ3v) is 4.01. The van der Waals surface area contributed by atoms with Crippen LogP contribution in [0.4, 0.5) is 4.79 Å². The van der Waals surface area contributed by atoms with Crippen LogP contribution in [0.5, 0.6) is 0 Å².